The summed E-state index contributed by atoms with van der Waals surface area (Å²) in [7, 11) is 3.07. The lowest BCUT2D eigenvalue weighted by Gasteiger charge is -2.08. The van der Waals surface area contributed by atoms with Crippen LogP contribution in [0.1, 0.15) is 5.82 Å². The molecule has 4 rings (SSSR count). The Kier molecular flexibility index (Phi) is 4.39. The fraction of sp³-hybridized carbons (Fsp3) is 0.118. The van der Waals surface area contributed by atoms with Gasteiger partial charge in [0.05, 0.1) is 29.8 Å². The van der Waals surface area contributed by atoms with Crippen molar-refractivity contribution in [3.05, 3.63) is 46.6 Å². The van der Waals surface area contributed by atoms with Crippen molar-refractivity contribution in [1.29, 1.82) is 0 Å². The van der Waals surface area contributed by atoms with Crippen molar-refractivity contribution < 1.29 is 9.47 Å². The van der Waals surface area contributed by atoms with Gasteiger partial charge in [-0.15, -0.1) is 22.7 Å². The molecule has 1 aromatic carbocycles. The molecule has 0 saturated carbocycles. The summed E-state index contributed by atoms with van der Waals surface area (Å²) in [6.45, 7) is 0. The molecular formula is C17H14N4O3S2. The molecule has 0 bridgehead atoms. The third-order valence-electron chi connectivity index (χ3n) is 3.68. The van der Waals surface area contributed by atoms with Crippen LogP contribution in [0.15, 0.2) is 39.6 Å². The van der Waals surface area contributed by atoms with Gasteiger partial charge in [0.1, 0.15) is 10.2 Å². The van der Waals surface area contributed by atoms with Crippen molar-refractivity contribution in [3.8, 4) is 11.5 Å². The highest BCUT2D eigenvalue weighted by molar-refractivity contribution is 7.99. The molecule has 0 aliphatic heterocycles. The van der Waals surface area contributed by atoms with Gasteiger partial charge in [-0.05, 0) is 18.2 Å². The number of H-pyrrole nitrogens is 1. The summed E-state index contributed by atoms with van der Waals surface area (Å²) in [6.07, 6.45) is 1.72. The number of hydrogen-bond donors (Lipinski definition) is 2. The standard InChI is InChI=1S/C17H14N4O3S2/c1-23-11-6-9-10(7-12(11)24-2)19-14(20-16(9)22)8-25-17-21-15-13(26-17)4-3-5-18-15/h3-8,25H,1-2H3,(H,19,20,22). The van der Waals surface area contributed by atoms with E-state index in [1.165, 1.54) is 7.11 Å². The van der Waals surface area contributed by atoms with Gasteiger partial charge in [0.2, 0.25) is 0 Å². The molecular weight excluding hydrogens is 372 g/mol. The minimum absolute atomic E-state index is 0.233. The number of pyridine rings is 1. The number of fused-ring (bicyclic) bond motifs is 2. The van der Waals surface area contributed by atoms with Crippen LogP contribution in [0, 0.1) is 0 Å². The zero-order valence-corrected chi connectivity index (χ0v) is 15.6. The van der Waals surface area contributed by atoms with Crippen LogP contribution >= 0.6 is 22.7 Å². The first kappa shape index (κ1) is 16.7. The minimum atomic E-state index is -0.233. The maximum Gasteiger partial charge on any atom is 0.259 e. The number of methoxy groups -OCH3 is 2. The van der Waals surface area contributed by atoms with E-state index >= 15 is 0 Å². The predicted octanol–water partition coefficient (Wildman–Crippen LogP) is 2.62. The molecule has 0 aliphatic carbocycles. The molecule has 0 saturated heterocycles. The van der Waals surface area contributed by atoms with Gasteiger partial charge >= 0.3 is 0 Å². The number of aromatic nitrogens is 4. The molecule has 3 aromatic heterocycles. The van der Waals surface area contributed by atoms with E-state index in [2.05, 4.69) is 19.9 Å². The molecule has 0 atom stereocenters. The SMILES string of the molecule is COc1cc2nc(C=[SH]c3nc4ncccc4s3)[nH]c(=O)c2cc1OC. The van der Waals surface area contributed by atoms with Crippen LogP contribution < -0.4 is 15.0 Å². The largest absolute Gasteiger partial charge is 0.493 e. The molecule has 0 aliphatic rings. The third kappa shape index (κ3) is 3.06. The van der Waals surface area contributed by atoms with Crippen molar-refractivity contribution in [1.82, 2.24) is 19.9 Å². The first-order chi connectivity index (χ1) is 12.7. The lowest BCUT2D eigenvalue weighted by Crippen LogP contribution is -2.11. The Balaban J connectivity index is 1.75. The highest BCUT2D eigenvalue weighted by Gasteiger charge is 2.10. The Morgan fingerprint density at radius 2 is 2.00 bits per heavy atom. The second-order valence-electron chi connectivity index (χ2n) is 5.26. The number of hydrogen-bond acceptors (Lipinski definition) is 7. The topological polar surface area (TPSA) is 90.0 Å². The summed E-state index contributed by atoms with van der Waals surface area (Å²) in [5.74, 6) is 1.49. The predicted molar refractivity (Wildman–Crippen MR) is 105 cm³/mol. The van der Waals surface area contributed by atoms with Crippen LogP contribution in [0.2, 0.25) is 0 Å². The molecule has 7 nitrogen and oxygen atoms in total. The van der Waals surface area contributed by atoms with E-state index in [9.17, 15) is 4.79 Å². The molecule has 3 heterocycles. The first-order valence-corrected chi connectivity index (χ1v) is 9.37. The monoisotopic (exact) mass is 386 g/mol. The number of nitrogens with zero attached hydrogens (tertiary/aromatic N) is 3. The van der Waals surface area contributed by atoms with Crippen molar-refractivity contribution in [2.75, 3.05) is 14.2 Å². The highest BCUT2D eigenvalue weighted by atomic mass is 32.2. The molecule has 9 heteroatoms. The second kappa shape index (κ2) is 6.85. The van der Waals surface area contributed by atoms with Crippen molar-refractivity contribution in [2.45, 2.75) is 4.34 Å². The molecule has 0 spiro atoms. The lowest BCUT2D eigenvalue weighted by atomic mass is 10.2. The Morgan fingerprint density at radius 3 is 2.77 bits per heavy atom. The Labute approximate surface area is 155 Å². The number of benzene rings is 1. The van der Waals surface area contributed by atoms with Gasteiger partial charge in [-0.25, -0.2) is 15.0 Å². The summed E-state index contributed by atoms with van der Waals surface area (Å²) < 4.78 is 12.4. The summed E-state index contributed by atoms with van der Waals surface area (Å²) in [6, 6.07) is 7.18. The molecule has 0 amide bonds. The maximum atomic E-state index is 12.4. The summed E-state index contributed by atoms with van der Waals surface area (Å²) in [5, 5.41) is 2.26. The van der Waals surface area contributed by atoms with Crippen molar-refractivity contribution >= 4 is 49.3 Å². The van der Waals surface area contributed by atoms with Crippen LogP contribution in [0.4, 0.5) is 0 Å². The molecule has 0 unspecified atom stereocenters. The van der Waals surface area contributed by atoms with E-state index in [-0.39, 0.29) is 5.56 Å². The minimum Gasteiger partial charge on any atom is -0.493 e. The summed E-state index contributed by atoms with van der Waals surface area (Å²) in [5.41, 5.74) is 1.03. The number of rotatable bonds is 4. The van der Waals surface area contributed by atoms with Gasteiger partial charge in [0, 0.05) is 17.6 Å². The van der Waals surface area contributed by atoms with Gasteiger partial charge in [-0.2, -0.15) is 0 Å². The van der Waals surface area contributed by atoms with E-state index in [0.717, 1.165) is 26.0 Å². The summed E-state index contributed by atoms with van der Waals surface area (Å²) >= 11 is 2.40. The Bertz CT molecular complexity index is 1170. The number of ether oxygens (including phenoxy) is 2. The van der Waals surface area contributed by atoms with Crippen LogP contribution in [-0.4, -0.2) is 39.5 Å². The smallest absolute Gasteiger partial charge is 0.259 e. The normalized spacial score (nSPS) is 11.8. The average molecular weight is 386 g/mol. The van der Waals surface area contributed by atoms with Gasteiger partial charge in [0.25, 0.3) is 5.56 Å². The molecule has 26 heavy (non-hydrogen) atoms. The fourth-order valence-corrected chi connectivity index (χ4v) is 4.31. The number of nitrogens with one attached hydrogen (secondary N) is 1. The molecule has 0 radical (unpaired) electrons. The van der Waals surface area contributed by atoms with E-state index in [4.69, 9.17) is 9.47 Å². The maximum absolute atomic E-state index is 12.4. The average Bonchev–Trinajstić information content (AvgIpc) is 3.08. The van der Waals surface area contributed by atoms with E-state index < -0.39 is 0 Å². The molecule has 1 N–H and O–H groups in total. The van der Waals surface area contributed by atoms with Gasteiger partial charge < -0.3 is 14.5 Å². The first-order valence-electron chi connectivity index (χ1n) is 7.59. The van der Waals surface area contributed by atoms with Crippen molar-refractivity contribution in [3.63, 3.8) is 0 Å². The van der Waals surface area contributed by atoms with E-state index in [1.54, 1.807) is 36.8 Å². The zero-order chi connectivity index (χ0) is 18.1. The van der Waals surface area contributed by atoms with Crippen LogP contribution in [0.5, 0.6) is 11.5 Å². The van der Waals surface area contributed by atoms with E-state index in [0.29, 0.717) is 28.2 Å². The molecule has 4 aromatic rings. The molecule has 132 valence electrons. The van der Waals surface area contributed by atoms with Gasteiger partial charge in [-0.1, -0.05) is 0 Å². The fourth-order valence-electron chi connectivity index (χ4n) is 2.47. The Morgan fingerprint density at radius 1 is 1.19 bits per heavy atom. The summed E-state index contributed by atoms with van der Waals surface area (Å²) in [4.78, 5) is 28.4. The quantitative estimate of drug-likeness (QED) is 0.414. The van der Waals surface area contributed by atoms with E-state index in [1.807, 2.05) is 17.5 Å². The number of aromatic amines is 1. The van der Waals surface area contributed by atoms with Gasteiger partial charge in [-0.3, -0.25) is 4.79 Å². The van der Waals surface area contributed by atoms with Crippen LogP contribution in [0.3, 0.4) is 0 Å². The number of thiol groups is 1. The third-order valence-corrected chi connectivity index (χ3v) is 5.78. The van der Waals surface area contributed by atoms with Crippen molar-refractivity contribution in [2.24, 2.45) is 0 Å². The molecule has 0 fully saturated rings. The number of thiazole rings is 1. The second-order valence-corrected chi connectivity index (χ2v) is 7.53. The van der Waals surface area contributed by atoms with Crippen LogP contribution in [0.25, 0.3) is 21.3 Å². The highest BCUT2D eigenvalue weighted by Crippen LogP contribution is 2.30. The van der Waals surface area contributed by atoms with Gasteiger partial charge in [0.15, 0.2) is 17.1 Å². The Hall–Kier alpha value is -2.78. The van der Waals surface area contributed by atoms with Crippen LogP contribution in [-0.2, 0) is 0 Å². The lowest BCUT2D eigenvalue weighted by molar-refractivity contribution is 0.355. The zero-order valence-electron chi connectivity index (χ0n) is 13.9.